The van der Waals surface area contributed by atoms with E-state index in [1.807, 2.05) is 5.38 Å². The highest BCUT2D eigenvalue weighted by Crippen LogP contribution is 2.32. The lowest BCUT2D eigenvalue weighted by atomic mass is 10.2. The average molecular weight is 394 g/mol. The zero-order valence-corrected chi connectivity index (χ0v) is 15.3. The van der Waals surface area contributed by atoms with Crippen molar-refractivity contribution in [2.45, 2.75) is 0 Å². The largest absolute Gasteiger partial charge is 0.454 e. The molecule has 4 rings (SSSR count). The quantitative estimate of drug-likeness (QED) is 0.310. The van der Waals surface area contributed by atoms with Crippen LogP contribution in [-0.4, -0.2) is 24.9 Å². The molecule has 0 saturated carbocycles. The molecule has 0 spiro atoms. The number of nitrogens with zero attached hydrogens (tertiary/aromatic N) is 1. The van der Waals surface area contributed by atoms with E-state index in [2.05, 4.69) is 10.5 Å². The number of amides is 1. The van der Waals surface area contributed by atoms with Crippen molar-refractivity contribution in [2.24, 2.45) is 5.10 Å². The van der Waals surface area contributed by atoms with Gasteiger partial charge in [0, 0.05) is 5.56 Å². The van der Waals surface area contributed by atoms with Crippen LogP contribution in [0.5, 0.6) is 17.2 Å². The number of esters is 1. The van der Waals surface area contributed by atoms with Crippen LogP contribution in [0.15, 0.2) is 65.1 Å². The van der Waals surface area contributed by atoms with Gasteiger partial charge in [-0.25, -0.2) is 10.2 Å². The van der Waals surface area contributed by atoms with E-state index in [9.17, 15) is 9.59 Å². The Labute approximate surface area is 164 Å². The van der Waals surface area contributed by atoms with Crippen molar-refractivity contribution in [3.63, 3.8) is 0 Å². The lowest BCUT2D eigenvalue weighted by Gasteiger charge is -2.03. The number of hydrogen-bond acceptors (Lipinski definition) is 7. The van der Waals surface area contributed by atoms with Crippen LogP contribution in [0.4, 0.5) is 0 Å². The molecule has 7 nitrogen and oxygen atoms in total. The van der Waals surface area contributed by atoms with Crippen LogP contribution < -0.4 is 19.6 Å². The van der Waals surface area contributed by atoms with Crippen LogP contribution in [0.2, 0.25) is 0 Å². The molecule has 140 valence electrons. The van der Waals surface area contributed by atoms with Crippen molar-refractivity contribution in [1.29, 1.82) is 0 Å². The van der Waals surface area contributed by atoms with E-state index in [0.717, 1.165) is 5.56 Å². The Bertz CT molecular complexity index is 1030. The summed E-state index contributed by atoms with van der Waals surface area (Å²) >= 11 is 1.32. The van der Waals surface area contributed by atoms with Crippen molar-refractivity contribution >= 4 is 29.4 Å². The fraction of sp³-hybridized carbons (Fsp3) is 0.0500. The molecule has 28 heavy (non-hydrogen) atoms. The summed E-state index contributed by atoms with van der Waals surface area (Å²) in [7, 11) is 0. The predicted octanol–water partition coefficient (Wildman–Crippen LogP) is 3.46. The second-order valence-corrected chi connectivity index (χ2v) is 6.65. The van der Waals surface area contributed by atoms with Gasteiger partial charge in [0.1, 0.15) is 10.6 Å². The van der Waals surface area contributed by atoms with Gasteiger partial charge in [-0.05, 0) is 59.5 Å². The molecule has 0 atom stereocenters. The first-order chi connectivity index (χ1) is 13.7. The molecule has 2 heterocycles. The minimum Gasteiger partial charge on any atom is -0.454 e. The number of nitrogens with one attached hydrogen (secondary N) is 1. The lowest BCUT2D eigenvalue weighted by molar-refractivity contribution is 0.0739. The molecular weight excluding hydrogens is 380 g/mol. The number of hydrazone groups is 1. The monoisotopic (exact) mass is 394 g/mol. The third-order valence-corrected chi connectivity index (χ3v) is 4.68. The molecule has 1 amide bonds. The van der Waals surface area contributed by atoms with Gasteiger partial charge < -0.3 is 14.2 Å². The summed E-state index contributed by atoms with van der Waals surface area (Å²) in [6, 6.07) is 15.2. The molecule has 1 aromatic heterocycles. The van der Waals surface area contributed by atoms with Crippen molar-refractivity contribution < 1.29 is 23.8 Å². The van der Waals surface area contributed by atoms with Crippen LogP contribution in [0.25, 0.3) is 0 Å². The number of thiophene rings is 1. The Morgan fingerprint density at radius 3 is 2.68 bits per heavy atom. The lowest BCUT2D eigenvalue weighted by Crippen LogP contribution is -2.17. The summed E-state index contributed by atoms with van der Waals surface area (Å²) < 4.78 is 15.7. The number of carbonyl (C=O) groups excluding carboxylic acids is 2. The van der Waals surface area contributed by atoms with Gasteiger partial charge in [-0.3, -0.25) is 4.79 Å². The van der Waals surface area contributed by atoms with Gasteiger partial charge >= 0.3 is 5.97 Å². The maximum absolute atomic E-state index is 12.1. The molecule has 0 fully saturated rings. The van der Waals surface area contributed by atoms with Crippen LogP contribution in [0.3, 0.4) is 0 Å². The number of hydrogen-bond donors (Lipinski definition) is 1. The van der Waals surface area contributed by atoms with Crippen LogP contribution in [-0.2, 0) is 0 Å². The number of carbonyl (C=O) groups is 2. The fourth-order valence-corrected chi connectivity index (χ4v) is 3.04. The Morgan fingerprint density at radius 2 is 1.89 bits per heavy atom. The molecular formula is C20H14N2O5S. The molecule has 1 aliphatic rings. The Hall–Kier alpha value is -3.65. The highest BCUT2D eigenvalue weighted by Gasteiger charge is 2.15. The number of ether oxygens (including phenoxy) is 3. The number of benzene rings is 2. The first-order valence-electron chi connectivity index (χ1n) is 8.28. The zero-order valence-electron chi connectivity index (χ0n) is 14.5. The molecule has 1 N–H and O–H groups in total. The Balaban J connectivity index is 1.33. The third-order valence-electron chi connectivity index (χ3n) is 3.83. The van der Waals surface area contributed by atoms with Gasteiger partial charge in [-0.15, -0.1) is 11.3 Å². The maximum atomic E-state index is 12.1. The molecule has 0 unspecified atom stereocenters. The van der Waals surface area contributed by atoms with E-state index < -0.39 is 5.97 Å². The van der Waals surface area contributed by atoms with Gasteiger partial charge in [0.05, 0.1) is 6.21 Å². The third kappa shape index (κ3) is 4.02. The highest BCUT2D eigenvalue weighted by molar-refractivity contribution is 7.12. The SMILES string of the molecule is O=C(N/N=C/c1ccc(OC(=O)c2cccs2)cc1)c1ccc2c(c1)OCO2. The van der Waals surface area contributed by atoms with E-state index in [1.54, 1.807) is 54.6 Å². The highest BCUT2D eigenvalue weighted by atomic mass is 32.1. The van der Waals surface area contributed by atoms with Crippen molar-refractivity contribution in [3.8, 4) is 17.2 Å². The summed E-state index contributed by atoms with van der Waals surface area (Å²) in [4.78, 5) is 24.6. The van der Waals surface area contributed by atoms with Crippen molar-refractivity contribution in [1.82, 2.24) is 5.43 Å². The summed E-state index contributed by atoms with van der Waals surface area (Å²) in [5, 5.41) is 5.75. The average Bonchev–Trinajstić information content (AvgIpc) is 3.40. The molecule has 0 radical (unpaired) electrons. The van der Waals surface area contributed by atoms with Crippen molar-refractivity contribution in [2.75, 3.05) is 6.79 Å². The Kier molecular flexibility index (Phi) is 5.03. The van der Waals surface area contributed by atoms with E-state index in [4.69, 9.17) is 14.2 Å². The first-order valence-corrected chi connectivity index (χ1v) is 9.16. The van der Waals surface area contributed by atoms with Crippen LogP contribution >= 0.6 is 11.3 Å². The summed E-state index contributed by atoms with van der Waals surface area (Å²) in [5.41, 5.74) is 3.61. The van der Waals surface area contributed by atoms with Gasteiger partial charge in [0.25, 0.3) is 5.91 Å². The normalized spacial score (nSPS) is 12.1. The molecule has 0 saturated heterocycles. The van der Waals surface area contributed by atoms with E-state index in [1.165, 1.54) is 17.6 Å². The molecule has 8 heteroatoms. The van der Waals surface area contributed by atoms with Gasteiger partial charge in [-0.1, -0.05) is 6.07 Å². The van der Waals surface area contributed by atoms with Crippen LogP contribution in [0.1, 0.15) is 25.6 Å². The van der Waals surface area contributed by atoms with Crippen LogP contribution in [0, 0.1) is 0 Å². The summed E-state index contributed by atoms with van der Waals surface area (Å²) in [5.74, 6) is 0.813. The van der Waals surface area contributed by atoms with Crippen molar-refractivity contribution in [3.05, 3.63) is 76.0 Å². The zero-order chi connectivity index (χ0) is 19.3. The van der Waals surface area contributed by atoms with Gasteiger partial charge in [0.2, 0.25) is 6.79 Å². The van der Waals surface area contributed by atoms with Gasteiger partial charge in [-0.2, -0.15) is 5.10 Å². The summed E-state index contributed by atoms with van der Waals surface area (Å²) in [6.07, 6.45) is 1.50. The molecule has 2 aromatic carbocycles. The van der Waals surface area contributed by atoms with Gasteiger partial charge in [0.15, 0.2) is 11.5 Å². The Morgan fingerprint density at radius 1 is 1.07 bits per heavy atom. The molecule has 0 bridgehead atoms. The molecule has 3 aromatic rings. The second kappa shape index (κ2) is 7.93. The number of fused-ring (bicyclic) bond motifs is 1. The minimum atomic E-state index is -0.396. The smallest absolute Gasteiger partial charge is 0.353 e. The second-order valence-electron chi connectivity index (χ2n) is 5.70. The first kappa shape index (κ1) is 17.7. The standard InChI is InChI=1S/C20H14N2O5S/c23-19(14-5-8-16-17(10-14)26-12-25-16)22-21-11-13-3-6-15(7-4-13)27-20(24)18-2-1-9-28-18/h1-11H,12H2,(H,22,23)/b21-11+. The van der Waals surface area contributed by atoms with E-state index >= 15 is 0 Å². The minimum absolute atomic E-state index is 0.150. The summed E-state index contributed by atoms with van der Waals surface area (Å²) in [6.45, 7) is 0.150. The maximum Gasteiger partial charge on any atom is 0.353 e. The predicted molar refractivity (Wildman–Crippen MR) is 103 cm³/mol. The van der Waals surface area contributed by atoms with E-state index in [0.29, 0.717) is 27.7 Å². The number of rotatable bonds is 5. The fourth-order valence-electron chi connectivity index (χ4n) is 2.44. The molecule has 0 aliphatic carbocycles. The molecule has 1 aliphatic heterocycles. The van der Waals surface area contributed by atoms with E-state index in [-0.39, 0.29) is 12.7 Å². The topological polar surface area (TPSA) is 86.2 Å².